The van der Waals surface area contributed by atoms with E-state index < -0.39 is 0 Å². The van der Waals surface area contributed by atoms with Gasteiger partial charge in [0.25, 0.3) is 5.91 Å². The van der Waals surface area contributed by atoms with Crippen molar-refractivity contribution in [3.63, 3.8) is 0 Å². The van der Waals surface area contributed by atoms with Gasteiger partial charge in [-0.25, -0.2) is 4.98 Å². The number of rotatable bonds is 4. The van der Waals surface area contributed by atoms with E-state index in [0.29, 0.717) is 22.8 Å². The first-order valence-corrected chi connectivity index (χ1v) is 9.30. The van der Waals surface area contributed by atoms with E-state index in [9.17, 15) is 4.79 Å². The molecule has 0 saturated carbocycles. The predicted molar refractivity (Wildman–Crippen MR) is 112 cm³/mol. The van der Waals surface area contributed by atoms with Crippen LogP contribution in [0.4, 0.5) is 0 Å². The Morgan fingerprint density at radius 3 is 2.50 bits per heavy atom. The molecule has 2 aromatic carbocycles. The number of amides is 1. The fraction of sp³-hybridized carbons (Fsp3) is 0.0870. The van der Waals surface area contributed by atoms with Gasteiger partial charge < -0.3 is 4.90 Å². The summed E-state index contributed by atoms with van der Waals surface area (Å²) >= 11 is 6.37. The topological polar surface area (TPSA) is 46.1 Å². The van der Waals surface area contributed by atoms with Crippen molar-refractivity contribution >= 4 is 28.4 Å². The number of halogens is 1. The zero-order valence-corrected chi connectivity index (χ0v) is 16.1. The number of hydrogen-bond acceptors (Lipinski definition) is 3. The van der Waals surface area contributed by atoms with E-state index in [1.165, 1.54) is 0 Å². The molecule has 2 aromatic heterocycles. The number of hydrogen-bond donors (Lipinski definition) is 0. The smallest absolute Gasteiger partial charge is 0.254 e. The minimum Gasteiger partial charge on any atom is -0.337 e. The van der Waals surface area contributed by atoms with Crippen LogP contribution < -0.4 is 0 Å². The van der Waals surface area contributed by atoms with E-state index in [4.69, 9.17) is 16.6 Å². The summed E-state index contributed by atoms with van der Waals surface area (Å²) in [5.41, 5.74) is 3.89. The van der Waals surface area contributed by atoms with Crippen molar-refractivity contribution in [1.82, 2.24) is 14.9 Å². The molecule has 0 fully saturated rings. The van der Waals surface area contributed by atoms with Crippen LogP contribution in [0, 0.1) is 0 Å². The summed E-state index contributed by atoms with van der Waals surface area (Å²) in [4.78, 5) is 23.7. The molecule has 0 saturated heterocycles. The second-order valence-corrected chi connectivity index (χ2v) is 6.98. The fourth-order valence-electron chi connectivity index (χ4n) is 3.20. The van der Waals surface area contributed by atoms with E-state index >= 15 is 0 Å². The second-order valence-electron chi connectivity index (χ2n) is 6.57. The van der Waals surface area contributed by atoms with Crippen molar-refractivity contribution in [3.05, 3.63) is 95.3 Å². The quantitative estimate of drug-likeness (QED) is 0.482. The van der Waals surface area contributed by atoms with Crippen molar-refractivity contribution in [2.45, 2.75) is 6.54 Å². The molecule has 0 aliphatic carbocycles. The Bertz CT molecular complexity index is 1140. The molecule has 4 aromatic rings. The lowest BCUT2D eigenvalue weighted by molar-refractivity contribution is 0.0787. The van der Waals surface area contributed by atoms with Crippen molar-refractivity contribution in [2.24, 2.45) is 0 Å². The maximum absolute atomic E-state index is 13.3. The summed E-state index contributed by atoms with van der Waals surface area (Å²) in [6.07, 6.45) is 3.45. The Labute approximate surface area is 168 Å². The summed E-state index contributed by atoms with van der Waals surface area (Å²) in [6.45, 7) is 0.499. The molecule has 0 spiro atoms. The van der Waals surface area contributed by atoms with Gasteiger partial charge in [0, 0.05) is 42.0 Å². The highest BCUT2D eigenvalue weighted by Crippen LogP contribution is 2.30. The largest absolute Gasteiger partial charge is 0.337 e. The lowest BCUT2D eigenvalue weighted by Crippen LogP contribution is -2.26. The lowest BCUT2D eigenvalue weighted by Gasteiger charge is -2.19. The molecule has 1 amide bonds. The van der Waals surface area contributed by atoms with Crippen LogP contribution in [0.2, 0.25) is 5.02 Å². The van der Waals surface area contributed by atoms with E-state index in [2.05, 4.69) is 4.98 Å². The number of nitrogens with zero attached hydrogens (tertiary/aromatic N) is 3. The van der Waals surface area contributed by atoms with Gasteiger partial charge in [-0.1, -0.05) is 48.0 Å². The second kappa shape index (κ2) is 7.79. The Kier molecular flexibility index (Phi) is 5.04. The number of pyridine rings is 2. The zero-order valence-electron chi connectivity index (χ0n) is 15.3. The van der Waals surface area contributed by atoms with Gasteiger partial charge in [0.15, 0.2) is 0 Å². The highest BCUT2D eigenvalue weighted by atomic mass is 35.5. The van der Waals surface area contributed by atoms with Crippen LogP contribution in [0.15, 0.2) is 79.1 Å². The van der Waals surface area contributed by atoms with Crippen molar-refractivity contribution in [2.75, 3.05) is 7.05 Å². The van der Waals surface area contributed by atoms with Crippen LogP contribution in [-0.4, -0.2) is 27.8 Å². The van der Waals surface area contributed by atoms with E-state index in [0.717, 1.165) is 22.0 Å². The van der Waals surface area contributed by atoms with Gasteiger partial charge in [-0.3, -0.25) is 9.78 Å². The Morgan fingerprint density at radius 1 is 1.00 bits per heavy atom. The molecule has 4 rings (SSSR count). The third-order valence-electron chi connectivity index (χ3n) is 4.61. The number of carbonyl (C=O) groups excluding carboxylic acids is 1. The van der Waals surface area contributed by atoms with Crippen LogP contribution in [0.5, 0.6) is 0 Å². The zero-order chi connectivity index (χ0) is 19.5. The van der Waals surface area contributed by atoms with Crippen molar-refractivity contribution in [3.8, 4) is 11.3 Å². The molecule has 0 radical (unpaired) electrons. The van der Waals surface area contributed by atoms with Crippen LogP contribution in [0.1, 0.15) is 15.9 Å². The third-order valence-corrected chi connectivity index (χ3v) is 4.94. The van der Waals surface area contributed by atoms with Crippen LogP contribution in [0.3, 0.4) is 0 Å². The normalized spacial score (nSPS) is 10.8. The van der Waals surface area contributed by atoms with Gasteiger partial charge >= 0.3 is 0 Å². The Morgan fingerprint density at radius 2 is 1.71 bits per heavy atom. The standard InChI is InChI=1S/C23H18ClN3O/c1-27(15-16-10-12-25-13-11-16)23(28)19-14-22(18-7-2-4-8-20(18)24)26-21-9-5-3-6-17(19)21/h2-14H,15H2,1H3. The summed E-state index contributed by atoms with van der Waals surface area (Å²) < 4.78 is 0. The van der Waals surface area contributed by atoms with Crippen LogP contribution in [0.25, 0.3) is 22.2 Å². The van der Waals surface area contributed by atoms with E-state index in [-0.39, 0.29) is 5.91 Å². The first kappa shape index (κ1) is 18.1. The molecule has 0 aliphatic heterocycles. The molecule has 138 valence electrons. The number of aromatic nitrogens is 2. The van der Waals surface area contributed by atoms with Gasteiger partial charge in [0.1, 0.15) is 0 Å². The average Bonchev–Trinajstić information content (AvgIpc) is 2.73. The molecule has 0 N–H and O–H groups in total. The molecule has 4 nitrogen and oxygen atoms in total. The lowest BCUT2D eigenvalue weighted by atomic mass is 10.0. The number of benzene rings is 2. The summed E-state index contributed by atoms with van der Waals surface area (Å²) in [7, 11) is 1.80. The minimum atomic E-state index is -0.0660. The Balaban J connectivity index is 1.79. The molecule has 2 heterocycles. The molecule has 5 heteroatoms. The van der Waals surface area contributed by atoms with Crippen molar-refractivity contribution < 1.29 is 4.79 Å². The van der Waals surface area contributed by atoms with Gasteiger partial charge in [-0.2, -0.15) is 0 Å². The molecule has 0 unspecified atom stereocenters. The molecular weight excluding hydrogens is 370 g/mol. The van der Waals surface area contributed by atoms with E-state index in [1.54, 1.807) is 24.3 Å². The monoisotopic (exact) mass is 387 g/mol. The molecule has 0 bridgehead atoms. The van der Waals surface area contributed by atoms with Gasteiger partial charge in [-0.05, 0) is 35.9 Å². The maximum atomic E-state index is 13.3. The summed E-state index contributed by atoms with van der Waals surface area (Å²) in [5, 5.41) is 1.43. The fourth-order valence-corrected chi connectivity index (χ4v) is 3.43. The van der Waals surface area contributed by atoms with E-state index in [1.807, 2.05) is 66.7 Å². The average molecular weight is 388 g/mol. The molecule has 0 aliphatic rings. The summed E-state index contributed by atoms with van der Waals surface area (Å²) in [5.74, 6) is -0.0660. The van der Waals surface area contributed by atoms with Gasteiger partial charge in [0.2, 0.25) is 0 Å². The molecule has 28 heavy (non-hydrogen) atoms. The van der Waals surface area contributed by atoms with Gasteiger partial charge in [0.05, 0.1) is 16.8 Å². The molecular formula is C23H18ClN3O. The third kappa shape index (κ3) is 3.59. The highest BCUT2D eigenvalue weighted by Gasteiger charge is 2.18. The number of fused-ring (bicyclic) bond motifs is 1. The van der Waals surface area contributed by atoms with Gasteiger partial charge in [-0.15, -0.1) is 0 Å². The SMILES string of the molecule is CN(Cc1ccncc1)C(=O)c1cc(-c2ccccc2Cl)nc2ccccc12. The predicted octanol–water partition coefficient (Wildman–Crippen LogP) is 5.22. The minimum absolute atomic E-state index is 0.0660. The highest BCUT2D eigenvalue weighted by molar-refractivity contribution is 6.33. The maximum Gasteiger partial charge on any atom is 0.254 e. The number of para-hydroxylation sites is 1. The molecule has 0 atom stereocenters. The van der Waals surface area contributed by atoms with Crippen LogP contribution >= 0.6 is 11.6 Å². The van der Waals surface area contributed by atoms with Crippen LogP contribution in [-0.2, 0) is 6.54 Å². The first-order chi connectivity index (χ1) is 13.6. The number of carbonyl (C=O) groups is 1. The Hall–Kier alpha value is -3.24. The van der Waals surface area contributed by atoms with Crippen molar-refractivity contribution in [1.29, 1.82) is 0 Å². The summed E-state index contributed by atoms with van der Waals surface area (Å²) in [6, 6.07) is 20.8. The first-order valence-electron chi connectivity index (χ1n) is 8.92.